The van der Waals surface area contributed by atoms with Gasteiger partial charge in [0.2, 0.25) is 0 Å². The molecule has 1 amide bonds. The van der Waals surface area contributed by atoms with Crippen LogP contribution in [0, 0.1) is 20.8 Å². The molecule has 2 rings (SSSR count). The number of ether oxygens (including phenoxy) is 1. The molecule has 0 spiro atoms. The van der Waals surface area contributed by atoms with E-state index in [2.05, 4.69) is 16.4 Å². The third-order valence-corrected chi connectivity index (χ3v) is 3.37. The summed E-state index contributed by atoms with van der Waals surface area (Å²) in [4.78, 5) is 16.1. The van der Waals surface area contributed by atoms with Crippen molar-refractivity contribution in [2.75, 3.05) is 5.32 Å². The zero-order valence-electron chi connectivity index (χ0n) is 12.8. The molecule has 110 valence electrons. The van der Waals surface area contributed by atoms with E-state index < -0.39 is 6.10 Å². The van der Waals surface area contributed by atoms with Crippen LogP contribution < -0.4 is 10.1 Å². The van der Waals surface area contributed by atoms with Gasteiger partial charge in [-0.05, 0) is 62.6 Å². The number of nitrogens with one attached hydrogen (secondary N) is 1. The highest BCUT2D eigenvalue weighted by molar-refractivity contribution is 5.93. The summed E-state index contributed by atoms with van der Waals surface area (Å²) in [6.07, 6.45) is 2.69. The molecule has 0 fully saturated rings. The Morgan fingerprint density at radius 2 is 2.05 bits per heavy atom. The third-order valence-electron chi connectivity index (χ3n) is 3.37. The van der Waals surface area contributed by atoms with Gasteiger partial charge >= 0.3 is 0 Å². The number of carbonyl (C=O) groups is 1. The lowest BCUT2D eigenvalue weighted by molar-refractivity contribution is -0.122. The molecule has 0 aliphatic rings. The van der Waals surface area contributed by atoms with Crippen molar-refractivity contribution in [2.45, 2.75) is 33.8 Å². The lowest BCUT2D eigenvalue weighted by Crippen LogP contribution is -2.30. The van der Waals surface area contributed by atoms with Gasteiger partial charge in [-0.1, -0.05) is 6.07 Å². The number of aromatic nitrogens is 1. The molecule has 0 saturated carbocycles. The molecule has 1 N–H and O–H groups in total. The molecular formula is C17H20N2O2. The van der Waals surface area contributed by atoms with Crippen molar-refractivity contribution in [3.63, 3.8) is 0 Å². The molecule has 0 saturated heterocycles. The predicted molar refractivity (Wildman–Crippen MR) is 83.6 cm³/mol. The Morgan fingerprint density at radius 3 is 2.71 bits per heavy atom. The van der Waals surface area contributed by atoms with Gasteiger partial charge in [0.05, 0.1) is 11.9 Å². The summed E-state index contributed by atoms with van der Waals surface area (Å²) in [6, 6.07) is 7.62. The fraction of sp³-hybridized carbons (Fsp3) is 0.294. The third kappa shape index (κ3) is 3.81. The average molecular weight is 284 g/mol. The Balaban J connectivity index is 2.07. The number of carbonyl (C=O) groups excluding carboxylic acids is 1. The van der Waals surface area contributed by atoms with E-state index in [1.54, 1.807) is 31.5 Å². The highest BCUT2D eigenvalue weighted by Crippen LogP contribution is 2.24. The van der Waals surface area contributed by atoms with Gasteiger partial charge in [0, 0.05) is 6.20 Å². The Bertz CT molecular complexity index is 639. The normalized spacial score (nSPS) is 11.8. The Morgan fingerprint density at radius 1 is 1.29 bits per heavy atom. The van der Waals surface area contributed by atoms with Crippen LogP contribution >= 0.6 is 0 Å². The number of rotatable bonds is 4. The van der Waals surface area contributed by atoms with Gasteiger partial charge in [0.25, 0.3) is 5.91 Å². The number of anilines is 1. The molecule has 0 unspecified atom stereocenters. The molecular weight excluding hydrogens is 264 g/mol. The lowest BCUT2D eigenvalue weighted by Gasteiger charge is -2.17. The zero-order chi connectivity index (χ0) is 15.4. The van der Waals surface area contributed by atoms with Gasteiger partial charge in [-0.3, -0.25) is 9.78 Å². The molecule has 1 aromatic carbocycles. The van der Waals surface area contributed by atoms with Gasteiger partial charge in [-0.15, -0.1) is 0 Å². The maximum absolute atomic E-state index is 12.1. The number of pyridine rings is 1. The summed E-state index contributed by atoms with van der Waals surface area (Å²) in [5, 5.41) is 2.78. The van der Waals surface area contributed by atoms with Crippen molar-refractivity contribution in [1.29, 1.82) is 0 Å². The minimum atomic E-state index is -0.579. The second-order valence-corrected chi connectivity index (χ2v) is 5.20. The number of aryl methyl sites for hydroxylation is 2. The lowest BCUT2D eigenvalue weighted by atomic mass is 10.1. The monoisotopic (exact) mass is 284 g/mol. The van der Waals surface area contributed by atoms with Crippen LogP contribution in [-0.4, -0.2) is 17.0 Å². The number of benzene rings is 1. The van der Waals surface area contributed by atoms with E-state index in [4.69, 9.17) is 4.74 Å². The Labute approximate surface area is 125 Å². The summed E-state index contributed by atoms with van der Waals surface area (Å²) >= 11 is 0. The summed E-state index contributed by atoms with van der Waals surface area (Å²) < 4.78 is 5.81. The van der Waals surface area contributed by atoms with E-state index in [0.717, 1.165) is 22.4 Å². The minimum absolute atomic E-state index is 0.193. The molecule has 1 aromatic heterocycles. The van der Waals surface area contributed by atoms with E-state index in [-0.39, 0.29) is 5.91 Å². The molecule has 0 bridgehead atoms. The second-order valence-electron chi connectivity index (χ2n) is 5.20. The molecule has 0 aliphatic carbocycles. The van der Waals surface area contributed by atoms with Gasteiger partial charge in [0.1, 0.15) is 5.75 Å². The van der Waals surface area contributed by atoms with Crippen LogP contribution in [0.15, 0.2) is 36.7 Å². The largest absolute Gasteiger partial charge is 0.481 e. The molecule has 4 heteroatoms. The molecule has 1 atom stereocenters. The minimum Gasteiger partial charge on any atom is -0.481 e. The van der Waals surface area contributed by atoms with E-state index in [9.17, 15) is 4.79 Å². The first kappa shape index (κ1) is 15.0. The van der Waals surface area contributed by atoms with Gasteiger partial charge in [-0.2, -0.15) is 0 Å². The van der Waals surface area contributed by atoms with Crippen molar-refractivity contribution in [1.82, 2.24) is 4.98 Å². The molecule has 0 aliphatic heterocycles. The number of amides is 1. The first-order valence-corrected chi connectivity index (χ1v) is 6.93. The van der Waals surface area contributed by atoms with Crippen LogP contribution in [-0.2, 0) is 4.79 Å². The van der Waals surface area contributed by atoms with Crippen molar-refractivity contribution < 1.29 is 9.53 Å². The van der Waals surface area contributed by atoms with Gasteiger partial charge in [-0.25, -0.2) is 0 Å². The van der Waals surface area contributed by atoms with Crippen LogP contribution in [0.25, 0.3) is 0 Å². The summed E-state index contributed by atoms with van der Waals surface area (Å²) in [7, 11) is 0. The summed E-state index contributed by atoms with van der Waals surface area (Å²) in [6.45, 7) is 7.79. The van der Waals surface area contributed by atoms with Gasteiger partial charge < -0.3 is 10.1 Å². The predicted octanol–water partition coefficient (Wildman–Crippen LogP) is 3.41. The molecule has 21 heavy (non-hydrogen) atoms. The van der Waals surface area contributed by atoms with E-state index in [1.165, 1.54) is 0 Å². The standard InChI is InChI=1S/C17H20N2O2/c1-11-8-12(2)13(3)16(9-11)21-14(4)17(20)19-15-6-5-7-18-10-15/h5-10,14H,1-4H3,(H,19,20)/t14-/m1/s1. The van der Waals surface area contributed by atoms with Crippen LogP contribution in [0.5, 0.6) is 5.75 Å². The van der Waals surface area contributed by atoms with Crippen molar-refractivity contribution in [3.8, 4) is 5.75 Å². The van der Waals surface area contributed by atoms with Crippen LogP contribution in [0.4, 0.5) is 5.69 Å². The highest BCUT2D eigenvalue weighted by Gasteiger charge is 2.16. The maximum atomic E-state index is 12.1. The van der Waals surface area contributed by atoms with Crippen molar-refractivity contribution in [2.24, 2.45) is 0 Å². The number of hydrogen-bond donors (Lipinski definition) is 1. The average Bonchev–Trinajstić information content (AvgIpc) is 2.45. The van der Waals surface area contributed by atoms with E-state index in [0.29, 0.717) is 5.69 Å². The smallest absolute Gasteiger partial charge is 0.265 e. The zero-order valence-corrected chi connectivity index (χ0v) is 12.8. The molecule has 2 aromatic rings. The van der Waals surface area contributed by atoms with E-state index >= 15 is 0 Å². The summed E-state index contributed by atoms with van der Waals surface area (Å²) in [5.74, 6) is 0.558. The second kappa shape index (κ2) is 6.39. The quantitative estimate of drug-likeness (QED) is 0.936. The summed E-state index contributed by atoms with van der Waals surface area (Å²) in [5.41, 5.74) is 3.99. The van der Waals surface area contributed by atoms with Gasteiger partial charge in [0.15, 0.2) is 6.10 Å². The van der Waals surface area contributed by atoms with Crippen LogP contribution in [0.2, 0.25) is 0 Å². The number of hydrogen-bond acceptors (Lipinski definition) is 3. The maximum Gasteiger partial charge on any atom is 0.265 e. The van der Waals surface area contributed by atoms with Crippen LogP contribution in [0.3, 0.4) is 0 Å². The molecule has 0 radical (unpaired) electrons. The Kier molecular flexibility index (Phi) is 4.58. The Hall–Kier alpha value is -2.36. The number of nitrogens with zero attached hydrogens (tertiary/aromatic N) is 1. The van der Waals surface area contributed by atoms with E-state index in [1.807, 2.05) is 26.8 Å². The fourth-order valence-electron chi connectivity index (χ4n) is 2.05. The highest BCUT2D eigenvalue weighted by atomic mass is 16.5. The first-order valence-electron chi connectivity index (χ1n) is 6.93. The molecule has 1 heterocycles. The SMILES string of the molecule is Cc1cc(C)c(C)c(O[C@H](C)C(=O)Nc2cccnc2)c1. The van der Waals surface area contributed by atoms with Crippen molar-refractivity contribution in [3.05, 3.63) is 53.3 Å². The topological polar surface area (TPSA) is 51.2 Å². The molecule has 4 nitrogen and oxygen atoms in total. The van der Waals surface area contributed by atoms with Crippen molar-refractivity contribution >= 4 is 11.6 Å². The first-order chi connectivity index (χ1) is 9.97. The van der Waals surface area contributed by atoms with Crippen LogP contribution in [0.1, 0.15) is 23.6 Å². The fourth-order valence-corrected chi connectivity index (χ4v) is 2.05.